The minimum atomic E-state index is -0.182. The number of anilines is 1. The zero-order valence-corrected chi connectivity index (χ0v) is 17.9. The molecule has 0 bridgehead atoms. The minimum Gasteiger partial charge on any atom is -0.370 e. The number of rotatable bonds is 4. The van der Waals surface area contributed by atoms with E-state index in [1.54, 1.807) is 43.0 Å². The molecule has 1 saturated heterocycles. The molecule has 0 spiro atoms. The van der Waals surface area contributed by atoms with E-state index in [-0.39, 0.29) is 17.6 Å². The molecule has 1 aliphatic heterocycles. The zero-order valence-electron chi connectivity index (χ0n) is 17.9. The monoisotopic (exact) mass is 419 g/mol. The van der Waals surface area contributed by atoms with Gasteiger partial charge in [0, 0.05) is 57.3 Å². The highest BCUT2D eigenvalue weighted by atomic mass is 16.5. The van der Waals surface area contributed by atoms with E-state index in [9.17, 15) is 9.59 Å². The lowest BCUT2D eigenvalue weighted by Crippen LogP contribution is -2.41. The van der Waals surface area contributed by atoms with Crippen LogP contribution in [-0.4, -0.2) is 59.1 Å². The number of carbonyl (C=O) groups excluding carboxylic acids is 1. The Bertz CT molecular complexity index is 1130. The van der Waals surface area contributed by atoms with E-state index >= 15 is 0 Å². The second kappa shape index (κ2) is 8.69. The molecular formula is C23H25N5O3. The van der Waals surface area contributed by atoms with Crippen molar-refractivity contribution < 1.29 is 9.53 Å². The van der Waals surface area contributed by atoms with Gasteiger partial charge >= 0.3 is 0 Å². The molecule has 0 saturated carbocycles. The molecule has 2 aromatic heterocycles. The van der Waals surface area contributed by atoms with Gasteiger partial charge in [0.25, 0.3) is 11.5 Å². The molecule has 1 aliphatic rings. The topological polar surface area (TPSA) is 80.6 Å². The number of morpholine rings is 1. The first kappa shape index (κ1) is 20.7. The lowest BCUT2D eigenvalue weighted by atomic mass is 10.0. The summed E-state index contributed by atoms with van der Waals surface area (Å²) in [5.74, 6) is 0.567. The maximum absolute atomic E-state index is 12.6. The quantitative estimate of drug-likeness (QED) is 0.645. The maximum atomic E-state index is 12.6. The van der Waals surface area contributed by atoms with Gasteiger partial charge in [-0.2, -0.15) is 0 Å². The predicted octanol–water partition coefficient (Wildman–Crippen LogP) is 2.12. The van der Waals surface area contributed by atoms with E-state index in [1.807, 2.05) is 36.4 Å². The Kier molecular flexibility index (Phi) is 5.81. The van der Waals surface area contributed by atoms with Gasteiger partial charge in [0.05, 0.1) is 18.8 Å². The SMILES string of the molecule is CN(C)C(=O)c1ccc([C@H]2CN(c3nc(-c4ccncc4)cc(=O)n3C)CCO2)cc1. The summed E-state index contributed by atoms with van der Waals surface area (Å²) in [6.07, 6.45) is 3.19. The Labute approximate surface area is 180 Å². The Balaban J connectivity index is 1.60. The van der Waals surface area contributed by atoms with Crippen LogP contribution in [-0.2, 0) is 11.8 Å². The van der Waals surface area contributed by atoms with Gasteiger partial charge in [-0.25, -0.2) is 4.98 Å². The molecule has 31 heavy (non-hydrogen) atoms. The number of pyridine rings is 1. The summed E-state index contributed by atoms with van der Waals surface area (Å²) in [6, 6.07) is 12.7. The third-order valence-electron chi connectivity index (χ3n) is 5.37. The Morgan fingerprint density at radius 1 is 1.13 bits per heavy atom. The van der Waals surface area contributed by atoms with Crippen LogP contribution < -0.4 is 10.5 Å². The molecule has 8 heteroatoms. The van der Waals surface area contributed by atoms with Crippen LogP contribution in [0, 0.1) is 0 Å². The fourth-order valence-electron chi connectivity index (χ4n) is 3.61. The van der Waals surface area contributed by atoms with Crippen molar-refractivity contribution in [3.8, 4) is 11.3 Å². The molecule has 160 valence electrons. The number of hydrogen-bond donors (Lipinski definition) is 0. The fraction of sp³-hybridized carbons (Fsp3) is 0.304. The van der Waals surface area contributed by atoms with Crippen LogP contribution in [0.1, 0.15) is 22.0 Å². The van der Waals surface area contributed by atoms with Crippen molar-refractivity contribution in [3.05, 3.63) is 76.3 Å². The third-order valence-corrected chi connectivity index (χ3v) is 5.37. The highest BCUT2D eigenvalue weighted by Crippen LogP contribution is 2.26. The standard InChI is InChI=1S/C23H25N5O3/c1-26(2)22(30)18-6-4-17(5-7-18)20-15-28(12-13-31-20)23-25-19(14-21(29)27(23)3)16-8-10-24-11-9-16/h4-11,14,20H,12-13,15H2,1-3H3/t20-/m1/s1. The molecule has 3 aromatic rings. The molecule has 8 nitrogen and oxygen atoms in total. The van der Waals surface area contributed by atoms with E-state index in [0.717, 1.165) is 11.1 Å². The first-order chi connectivity index (χ1) is 14.9. The lowest BCUT2D eigenvalue weighted by Gasteiger charge is -2.34. The van der Waals surface area contributed by atoms with Crippen molar-refractivity contribution >= 4 is 11.9 Å². The average molecular weight is 419 g/mol. The minimum absolute atomic E-state index is 0.0372. The van der Waals surface area contributed by atoms with Crippen LogP contribution in [0.15, 0.2) is 59.7 Å². The van der Waals surface area contributed by atoms with Crippen LogP contribution >= 0.6 is 0 Å². The maximum Gasteiger partial charge on any atom is 0.255 e. The second-order valence-electron chi connectivity index (χ2n) is 7.70. The average Bonchev–Trinajstić information content (AvgIpc) is 2.81. The van der Waals surface area contributed by atoms with Crippen LogP contribution in [0.4, 0.5) is 5.95 Å². The van der Waals surface area contributed by atoms with Gasteiger partial charge in [-0.15, -0.1) is 0 Å². The Morgan fingerprint density at radius 3 is 2.52 bits per heavy atom. The summed E-state index contributed by atoms with van der Waals surface area (Å²) in [4.78, 5) is 37.1. The van der Waals surface area contributed by atoms with Gasteiger partial charge in [0.2, 0.25) is 5.95 Å². The van der Waals surface area contributed by atoms with Gasteiger partial charge in [0.15, 0.2) is 0 Å². The highest BCUT2D eigenvalue weighted by Gasteiger charge is 2.25. The van der Waals surface area contributed by atoms with E-state index in [1.165, 1.54) is 6.07 Å². The van der Waals surface area contributed by atoms with E-state index in [4.69, 9.17) is 9.72 Å². The molecular weight excluding hydrogens is 394 g/mol. The van der Waals surface area contributed by atoms with Gasteiger partial charge in [-0.3, -0.25) is 19.1 Å². The van der Waals surface area contributed by atoms with Crippen molar-refractivity contribution in [2.75, 3.05) is 38.7 Å². The molecule has 0 N–H and O–H groups in total. The number of carbonyl (C=O) groups is 1. The molecule has 4 rings (SSSR count). The lowest BCUT2D eigenvalue weighted by molar-refractivity contribution is 0.0389. The molecule has 1 aromatic carbocycles. The number of nitrogens with zero attached hydrogens (tertiary/aromatic N) is 5. The summed E-state index contributed by atoms with van der Waals surface area (Å²) >= 11 is 0. The number of benzene rings is 1. The molecule has 0 aliphatic carbocycles. The van der Waals surface area contributed by atoms with Crippen LogP contribution in [0.5, 0.6) is 0 Å². The molecule has 1 amide bonds. The van der Waals surface area contributed by atoms with E-state index in [2.05, 4.69) is 9.88 Å². The largest absolute Gasteiger partial charge is 0.370 e. The fourth-order valence-corrected chi connectivity index (χ4v) is 3.61. The summed E-state index contributed by atoms with van der Waals surface area (Å²) in [5.41, 5.74) is 2.97. The van der Waals surface area contributed by atoms with Crippen molar-refractivity contribution in [1.29, 1.82) is 0 Å². The number of hydrogen-bond acceptors (Lipinski definition) is 6. The van der Waals surface area contributed by atoms with E-state index in [0.29, 0.717) is 36.9 Å². The van der Waals surface area contributed by atoms with Gasteiger partial charge in [-0.1, -0.05) is 12.1 Å². The molecule has 1 fully saturated rings. The Morgan fingerprint density at radius 2 is 1.84 bits per heavy atom. The van der Waals surface area contributed by atoms with Crippen LogP contribution in [0.25, 0.3) is 11.3 Å². The number of amides is 1. The third kappa shape index (κ3) is 4.34. The number of ether oxygens (including phenoxy) is 1. The van der Waals surface area contributed by atoms with Crippen molar-refractivity contribution in [2.24, 2.45) is 7.05 Å². The van der Waals surface area contributed by atoms with E-state index < -0.39 is 0 Å². The van der Waals surface area contributed by atoms with Crippen molar-refractivity contribution in [3.63, 3.8) is 0 Å². The Hall–Kier alpha value is -3.52. The van der Waals surface area contributed by atoms with Gasteiger partial charge in [-0.05, 0) is 29.8 Å². The summed E-state index contributed by atoms with van der Waals surface area (Å²) in [5, 5.41) is 0. The van der Waals surface area contributed by atoms with Crippen LogP contribution in [0.2, 0.25) is 0 Å². The normalized spacial score (nSPS) is 16.2. The van der Waals surface area contributed by atoms with Crippen molar-refractivity contribution in [1.82, 2.24) is 19.4 Å². The molecule has 0 radical (unpaired) electrons. The van der Waals surface area contributed by atoms with Crippen LogP contribution in [0.3, 0.4) is 0 Å². The molecule has 1 atom stereocenters. The smallest absolute Gasteiger partial charge is 0.255 e. The van der Waals surface area contributed by atoms with Gasteiger partial charge < -0.3 is 14.5 Å². The molecule has 3 heterocycles. The highest BCUT2D eigenvalue weighted by molar-refractivity contribution is 5.93. The summed E-state index contributed by atoms with van der Waals surface area (Å²) in [6.45, 7) is 1.70. The number of aromatic nitrogens is 3. The molecule has 0 unspecified atom stereocenters. The zero-order chi connectivity index (χ0) is 22.0. The predicted molar refractivity (Wildman–Crippen MR) is 118 cm³/mol. The summed E-state index contributed by atoms with van der Waals surface area (Å²) in [7, 11) is 5.19. The van der Waals surface area contributed by atoms with Gasteiger partial charge in [0.1, 0.15) is 6.10 Å². The van der Waals surface area contributed by atoms with Crippen molar-refractivity contribution in [2.45, 2.75) is 6.10 Å². The first-order valence-electron chi connectivity index (χ1n) is 10.1. The second-order valence-corrected chi connectivity index (χ2v) is 7.70. The first-order valence-corrected chi connectivity index (χ1v) is 10.1. The summed E-state index contributed by atoms with van der Waals surface area (Å²) < 4.78 is 7.55.